The van der Waals surface area contributed by atoms with Gasteiger partial charge < -0.3 is 4.74 Å². The van der Waals surface area contributed by atoms with Gasteiger partial charge in [-0.05, 0) is 39.3 Å². The summed E-state index contributed by atoms with van der Waals surface area (Å²) < 4.78 is 32.8. The van der Waals surface area contributed by atoms with Gasteiger partial charge in [0.15, 0.2) is 5.69 Å². The maximum Gasteiger partial charge on any atom is 0.214 e. The van der Waals surface area contributed by atoms with Gasteiger partial charge in [-0.3, -0.25) is 0 Å². The molecule has 1 unspecified atom stereocenters. The Labute approximate surface area is 139 Å². The van der Waals surface area contributed by atoms with Crippen LogP contribution in [0.25, 0.3) is 4.85 Å². The molecule has 0 aliphatic carbocycles. The van der Waals surface area contributed by atoms with E-state index in [2.05, 4.69) is 4.85 Å². The van der Waals surface area contributed by atoms with Crippen LogP contribution < -0.4 is 4.74 Å². The van der Waals surface area contributed by atoms with Gasteiger partial charge in [0.2, 0.25) is 10.0 Å². The summed E-state index contributed by atoms with van der Waals surface area (Å²) in [5, 5.41) is 0. The van der Waals surface area contributed by atoms with Crippen molar-refractivity contribution in [2.45, 2.75) is 52.2 Å². The molecule has 1 heterocycles. The highest BCUT2D eigenvalue weighted by Crippen LogP contribution is 2.44. The second-order valence-corrected chi connectivity index (χ2v) is 8.64. The van der Waals surface area contributed by atoms with E-state index < -0.39 is 15.6 Å². The molecule has 126 valence electrons. The first-order valence-electron chi connectivity index (χ1n) is 7.94. The van der Waals surface area contributed by atoms with Crippen LogP contribution in [0.4, 0.5) is 5.69 Å². The summed E-state index contributed by atoms with van der Waals surface area (Å²) in [5.41, 5.74) is 0.845. The smallest absolute Gasteiger partial charge is 0.214 e. The van der Waals surface area contributed by atoms with E-state index in [1.807, 2.05) is 20.8 Å². The fraction of sp³-hybridized carbons (Fsp3) is 0.588. The van der Waals surface area contributed by atoms with Crippen molar-refractivity contribution < 1.29 is 13.2 Å². The van der Waals surface area contributed by atoms with Gasteiger partial charge in [0, 0.05) is 18.5 Å². The van der Waals surface area contributed by atoms with Gasteiger partial charge in [-0.15, -0.1) is 0 Å². The summed E-state index contributed by atoms with van der Waals surface area (Å²) in [4.78, 5) is 3.46. The van der Waals surface area contributed by atoms with Crippen molar-refractivity contribution >= 4 is 15.7 Å². The van der Waals surface area contributed by atoms with Crippen LogP contribution in [0.2, 0.25) is 0 Å². The molecule has 23 heavy (non-hydrogen) atoms. The average Bonchev–Trinajstić information content (AvgIpc) is 2.50. The topological polar surface area (TPSA) is 51.0 Å². The molecule has 1 aromatic carbocycles. The summed E-state index contributed by atoms with van der Waals surface area (Å²) >= 11 is 0. The van der Waals surface area contributed by atoms with E-state index >= 15 is 0 Å². The number of sulfonamides is 1. The third-order valence-corrected chi connectivity index (χ3v) is 5.95. The van der Waals surface area contributed by atoms with Crippen LogP contribution in [0, 0.1) is 6.57 Å². The monoisotopic (exact) mass is 336 g/mol. The Morgan fingerprint density at radius 1 is 1.39 bits per heavy atom. The predicted octanol–water partition coefficient (Wildman–Crippen LogP) is 3.90. The Hall–Kier alpha value is -1.58. The summed E-state index contributed by atoms with van der Waals surface area (Å²) in [6, 6.07) is 4.96. The molecule has 1 aromatic rings. The standard InChI is InChI=1S/C17H24N2O3S/c1-6-10-19(23(20,21)7-2)15-12-17(3,4)22-16-9-8-13(18-5)11-14(15)16/h8-9,11,15H,6-7,10,12H2,1-4H3. The first-order valence-corrected chi connectivity index (χ1v) is 9.55. The minimum Gasteiger partial charge on any atom is -0.488 e. The Kier molecular flexibility index (Phi) is 5.02. The maximum absolute atomic E-state index is 12.6. The molecule has 6 heteroatoms. The van der Waals surface area contributed by atoms with Crippen molar-refractivity contribution in [2.75, 3.05) is 12.3 Å². The zero-order chi connectivity index (χ0) is 17.3. The minimum absolute atomic E-state index is 0.0721. The second kappa shape index (κ2) is 6.50. The molecular formula is C17H24N2O3S. The highest BCUT2D eigenvalue weighted by atomic mass is 32.2. The summed E-state index contributed by atoms with van der Waals surface area (Å²) in [6.07, 6.45) is 1.32. The number of hydrogen-bond acceptors (Lipinski definition) is 3. The lowest BCUT2D eigenvalue weighted by Gasteiger charge is -2.42. The van der Waals surface area contributed by atoms with Crippen molar-refractivity contribution in [3.8, 4) is 5.75 Å². The molecule has 0 N–H and O–H groups in total. The number of nitrogens with zero attached hydrogens (tertiary/aromatic N) is 2. The van der Waals surface area contributed by atoms with E-state index in [9.17, 15) is 8.42 Å². The summed E-state index contributed by atoms with van der Waals surface area (Å²) in [7, 11) is -3.33. The van der Waals surface area contributed by atoms with Crippen LogP contribution in [0.15, 0.2) is 18.2 Å². The molecule has 0 bridgehead atoms. The third kappa shape index (κ3) is 3.67. The van der Waals surface area contributed by atoms with Crippen LogP contribution >= 0.6 is 0 Å². The Morgan fingerprint density at radius 3 is 2.65 bits per heavy atom. The van der Waals surface area contributed by atoms with Gasteiger partial charge in [0.1, 0.15) is 11.4 Å². The fourth-order valence-electron chi connectivity index (χ4n) is 3.01. The molecule has 0 aromatic heterocycles. The molecule has 0 amide bonds. The average molecular weight is 336 g/mol. The van der Waals surface area contributed by atoms with Crippen molar-refractivity contribution in [1.82, 2.24) is 4.31 Å². The molecule has 1 aliphatic rings. The molecule has 0 saturated heterocycles. The molecule has 1 aliphatic heterocycles. The second-order valence-electron chi connectivity index (χ2n) is 6.43. The van der Waals surface area contributed by atoms with Gasteiger partial charge in [-0.25, -0.2) is 13.3 Å². The largest absolute Gasteiger partial charge is 0.488 e. The first-order chi connectivity index (χ1) is 10.7. The van der Waals surface area contributed by atoms with Crippen LogP contribution in [-0.2, 0) is 10.0 Å². The zero-order valence-corrected chi connectivity index (χ0v) is 15.0. The quantitative estimate of drug-likeness (QED) is 0.766. The van der Waals surface area contributed by atoms with E-state index in [0.717, 1.165) is 12.0 Å². The lowest BCUT2D eigenvalue weighted by atomic mass is 9.89. The fourth-order valence-corrected chi connectivity index (χ4v) is 4.37. The van der Waals surface area contributed by atoms with Crippen molar-refractivity contribution in [2.24, 2.45) is 0 Å². The minimum atomic E-state index is -3.33. The molecule has 1 atom stereocenters. The lowest BCUT2D eigenvalue weighted by molar-refractivity contribution is 0.0504. The van der Waals surface area contributed by atoms with Crippen LogP contribution in [-0.4, -0.2) is 30.6 Å². The Balaban J connectivity index is 2.58. The summed E-state index contributed by atoms with van der Waals surface area (Å²) in [6.45, 7) is 15.2. The summed E-state index contributed by atoms with van der Waals surface area (Å²) in [5.74, 6) is 0.744. The number of fused-ring (bicyclic) bond motifs is 1. The van der Waals surface area contributed by atoms with Crippen molar-refractivity contribution in [3.05, 3.63) is 35.2 Å². The third-order valence-electron chi connectivity index (χ3n) is 4.07. The van der Waals surface area contributed by atoms with Gasteiger partial charge >= 0.3 is 0 Å². The maximum atomic E-state index is 12.6. The SMILES string of the molecule is [C-]#[N+]c1ccc2c(c1)C(N(CCC)S(=O)(=O)CC)CC(C)(C)O2. The lowest BCUT2D eigenvalue weighted by Crippen LogP contribution is -2.44. The molecule has 0 spiro atoms. The number of hydrogen-bond donors (Lipinski definition) is 0. The van der Waals surface area contributed by atoms with Gasteiger partial charge in [-0.1, -0.05) is 13.0 Å². The van der Waals surface area contributed by atoms with Crippen LogP contribution in [0.3, 0.4) is 0 Å². The highest BCUT2D eigenvalue weighted by Gasteiger charge is 2.40. The number of rotatable bonds is 5. The highest BCUT2D eigenvalue weighted by molar-refractivity contribution is 7.89. The van der Waals surface area contributed by atoms with Gasteiger partial charge in [0.25, 0.3) is 0 Å². The zero-order valence-electron chi connectivity index (χ0n) is 14.2. The van der Waals surface area contributed by atoms with Crippen LogP contribution in [0.5, 0.6) is 5.75 Å². The molecule has 0 saturated carbocycles. The molecular weight excluding hydrogens is 312 g/mol. The predicted molar refractivity (Wildman–Crippen MR) is 91.2 cm³/mol. The van der Waals surface area contributed by atoms with Crippen molar-refractivity contribution in [1.29, 1.82) is 0 Å². The van der Waals surface area contributed by atoms with E-state index in [4.69, 9.17) is 11.3 Å². The Bertz CT molecular complexity index is 720. The van der Waals surface area contributed by atoms with Gasteiger partial charge in [0.05, 0.1) is 18.4 Å². The molecule has 0 fully saturated rings. The van der Waals surface area contributed by atoms with Crippen molar-refractivity contribution in [3.63, 3.8) is 0 Å². The van der Waals surface area contributed by atoms with E-state index in [1.54, 1.807) is 29.4 Å². The van der Waals surface area contributed by atoms with Gasteiger partial charge in [-0.2, -0.15) is 4.31 Å². The molecule has 5 nitrogen and oxygen atoms in total. The first kappa shape index (κ1) is 17.8. The van der Waals surface area contributed by atoms with E-state index in [0.29, 0.717) is 24.4 Å². The Morgan fingerprint density at radius 2 is 2.09 bits per heavy atom. The normalized spacial score (nSPS) is 19.7. The molecule has 2 rings (SSSR count). The number of ether oxygens (including phenoxy) is 1. The van der Waals surface area contributed by atoms with E-state index in [1.165, 1.54) is 0 Å². The van der Waals surface area contributed by atoms with E-state index in [-0.39, 0.29) is 11.8 Å². The van der Waals surface area contributed by atoms with Crippen LogP contribution in [0.1, 0.15) is 52.1 Å². The molecule has 0 radical (unpaired) electrons. The number of benzene rings is 1.